The van der Waals surface area contributed by atoms with Crippen LogP contribution in [-0.2, 0) is 9.47 Å². The van der Waals surface area contributed by atoms with E-state index in [1.807, 2.05) is 0 Å². The summed E-state index contributed by atoms with van der Waals surface area (Å²) in [7, 11) is 0. The van der Waals surface area contributed by atoms with Crippen LogP contribution >= 0.6 is 0 Å². The normalized spacial score (nSPS) is 33.5. The molecule has 1 N–H and O–H groups in total. The van der Waals surface area contributed by atoms with Gasteiger partial charge < -0.3 is 14.8 Å². The van der Waals surface area contributed by atoms with Crippen molar-refractivity contribution < 1.29 is 9.47 Å². The number of rotatable bonds is 2. The first-order chi connectivity index (χ1) is 6.29. The first kappa shape index (κ1) is 9.44. The fraction of sp³-hybridized carbons (Fsp3) is 1.00. The summed E-state index contributed by atoms with van der Waals surface area (Å²) in [5.74, 6) is 0. The Kier molecular flexibility index (Phi) is 2.86. The van der Waals surface area contributed by atoms with E-state index in [9.17, 15) is 0 Å². The Morgan fingerprint density at radius 1 is 1.38 bits per heavy atom. The molecule has 3 heteroatoms. The summed E-state index contributed by atoms with van der Waals surface area (Å²) in [6.45, 7) is 6.07. The third-order valence-corrected chi connectivity index (χ3v) is 3.00. The highest BCUT2D eigenvalue weighted by Gasteiger charge is 2.31. The van der Waals surface area contributed by atoms with Gasteiger partial charge in [0.1, 0.15) is 0 Å². The van der Waals surface area contributed by atoms with E-state index in [4.69, 9.17) is 9.47 Å². The van der Waals surface area contributed by atoms with Crippen molar-refractivity contribution in [2.45, 2.75) is 37.9 Å². The van der Waals surface area contributed by atoms with Gasteiger partial charge in [-0.3, -0.25) is 0 Å². The fourth-order valence-corrected chi connectivity index (χ4v) is 2.08. The molecule has 76 valence electrons. The number of piperidine rings is 1. The Labute approximate surface area is 79.8 Å². The molecule has 2 aliphatic rings. The molecule has 0 aromatic carbocycles. The van der Waals surface area contributed by atoms with Crippen LogP contribution in [0, 0.1) is 0 Å². The molecule has 2 fully saturated rings. The highest BCUT2D eigenvalue weighted by Crippen LogP contribution is 2.26. The lowest BCUT2D eigenvalue weighted by Gasteiger charge is -2.36. The van der Waals surface area contributed by atoms with Crippen molar-refractivity contribution in [3.05, 3.63) is 0 Å². The van der Waals surface area contributed by atoms with Gasteiger partial charge in [0.05, 0.1) is 18.3 Å². The van der Waals surface area contributed by atoms with Gasteiger partial charge in [-0.15, -0.1) is 0 Å². The fourth-order valence-electron chi connectivity index (χ4n) is 2.08. The third kappa shape index (κ3) is 2.42. The largest absolute Gasteiger partial charge is 0.379 e. The van der Waals surface area contributed by atoms with E-state index in [2.05, 4.69) is 12.2 Å². The van der Waals surface area contributed by atoms with Gasteiger partial charge in [-0.25, -0.2) is 0 Å². The zero-order valence-corrected chi connectivity index (χ0v) is 8.34. The van der Waals surface area contributed by atoms with Crippen LogP contribution in [-0.4, -0.2) is 38.0 Å². The molecule has 2 heterocycles. The minimum absolute atomic E-state index is 0.101. The van der Waals surface area contributed by atoms with Gasteiger partial charge in [0.15, 0.2) is 0 Å². The Bertz CT molecular complexity index is 160. The summed E-state index contributed by atoms with van der Waals surface area (Å²) >= 11 is 0. The second kappa shape index (κ2) is 3.95. The average Bonchev–Trinajstić information content (AvgIpc) is 2.57. The molecule has 2 aliphatic heterocycles. The van der Waals surface area contributed by atoms with Crippen LogP contribution in [0.4, 0.5) is 0 Å². The van der Waals surface area contributed by atoms with Gasteiger partial charge in [-0.05, 0) is 39.3 Å². The van der Waals surface area contributed by atoms with Crippen molar-refractivity contribution >= 4 is 0 Å². The molecule has 2 saturated heterocycles. The molecular formula is C10H19NO2. The van der Waals surface area contributed by atoms with Crippen molar-refractivity contribution in [3.63, 3.8) is 0 Å². The second-order valence-electron chi connectivity index (χ2n) is 4.30. The number of hydrogen-bond donors (Lipinski definition) is 1. The van der Waals surface area contributed by atoms with E-state index in [1.165, 1.54) is 0 Å². The second-order valence-corrected chi connectivity index (χ2v) is 4.30. The highest BCUT2D eigenvalue weighted by molar-refractivity contribution is 4.83. The van der Waals surface area contributed by atoms with E-state index < -0.39 is 0 Å². The number of hydrogen-bond acceptors (Lipinski definition) is 3. The zero-order valence-electron chi connectivity index (χ0n) is 8.34. The average molecular weight is 185 g/mol. The third-order valence-electron chi connectivity index (χ3n) is 3.00. The maximum atomic E-state index is 6.07. The van der Waals surface area contributed by atoms with Gasteiger partial charge in [0.2, 0.25) is 0 Å². The molecule has 0 aromatic rings. The number of nitrogens with one attached hydrogen (secondary N) is 1. The molecule has 0 bridgehead atoms. The standard InChI is InChI=1S/C10H19NO2/c1-10(3-5-11-6-4-10)13-9-2-7-12-8-9/h9,11H,2-8H2,1H3. The molecule has 0 saturated carbocycles. The summed E-state index contributed by atoms with van der Waals surface area (Å²) in [6.07, 6.45) is 3.68. The van der Waals surface area contributed by atoms with Gasteiger partial charge in [0, 0.05) is 6.61 Å². The van der Waals surface area contributed by atoms with Gasteiger partial charge >= 0.3 is 0 Å². The minimum atomic E-state index is 0.101. The molecule has 3 nitrogen and oxygen atoms in total. The topological polar surface area (TPSA) is 30.5 Å². The smallest absolute Gasteiger partial charge is 0.0837 e. The summed E-state index contributed by atoms with van der Waals surface area (Å²) in [4.78, 5) is 0. The van der Waals surface area contributed by atoms with E-state index in [-0.39, 0.29) is 5.60 Å². The molecule has 0 radical (unpaired) electrons. The maximum Gasteiger partial charge on any atom is 0.0837 e. The van der Waals surface area contributed by atoms with Crippen LogP contribution in [0.2, 0.25) is 0 Å². The number of ether oxygens (including phenoxy) is 2. The van der Waals surface area contributed by atoms with Crippen molar-refractivity contribution in [2.75, 3.05) is 26.3 Å². The Hall–Kier alpha value is -0.120. The lowest BCUT2D eigenvalue weighted by atomic mass is 9.94. The van der Waals surface area contributed by atoms with E-state index in [0.29, 0.717) is 6.10 Å². The molecule has 1 unspecified atom stereocenters. The molecular weight excluding hydrogens is 166 g/mol. The molecule has 0 spiro atoms. The highest BCUT2D eigenvalue weighted by atomic mass is 16.6. The van der Waals surface area contributed by atoms with Crippen LogP contribution in [0.25, 0.3) is 0 Å². The summed E-state index contributed by atoms with van der Waals surface area (Å²) < 4.78 is 11.4. The quantitative estimate of drug-likeness (QED) is 0.694. The Morgan fingerprint density at radius 2 is 2.15 bits per heavy atom. The van der Waals surface area contributed by atoms with Crippen molar-refractivity contribution in [1.29, 1.82) is 0 Å². The summed E-state index contributed by atoms with van der Waals surface area (Å²) in [5, 5.41) is 3.35. The van der Waals surface area contributed by atoms with Gasteiger partial charge in [-0.2, -0.15) is 0 Å². The lowest BCUT2D eigenvalue weighted by molar-refractivity contribution is -0.0979. The monoisotopic (exact) mass is 185 g/mol. The minimum Gasteiger partial charge on any atom is -0.379 e. The zero-order chi connectivity index (χ0) is 9.15. The van der Waals surface area contributed by atoms with Crippen molar-refractivity contribution in [2.24, 2.45) is 0 Å². The van der Waals surface area contributed by atoms with Crippen LogP contribution in [0.5, 0.6) is 0 Å². The molecule has 0 aromatic heterocycles. The molecule has 0 aliphatic carbocycles. The molecule has 13 heavy (non-hydrogen) atoms. The van der Waals surface area contributed by atoms with E-state index in [1.54, 1.807) is 0 Å². The van der Waals surface area contributed by atoms with Crippen LogP contribution in [0.3, 0.4) is 0 Å². The maximum absolute atomic E-state index is 6.07. The van der Waals surface area contributed by atoms with Gasteiger partial charge in [0.25, 0.3) is 0 Å². The predicted octanol–water partition coefficient (Wildman–Crippen LogP) is 0.934. The Morgan fingerprint density at radius 3 is 2.77 bits per heavy atom. The first-order valence-electron chi connectivity index (χ1n) is 5.25. The van der Waals surface area contributed by atoms with Crippen LogP contribution in [0.15, 0.2) is 0 Å². The molecule has 0 amide bonds. The SMILES string of the molecule is CC1(OC2CCOC2)CCNCC1. The van der Waals surface area contributed by atoms with E-state index in [0.717, 1.165) is 45.6 Å². The summed E-state index contributed by atoms with van der Waals surface area (Å²) in [6, 6.07) is 0. The predicted molar refractivity (Wildman–Crippen MR) is 50.8 cm³/mol. The van der Waals surface area contributed by atoms with Gasteiger partial charge in [-0.1, -0.05) is 0 Å². The Balaban J connectivity index is 1.83. The molecule has 1 atom stereocenters. The van der Waals surface area contributed by atoms with Crippen LogP contribution < -0.4 is 5.32 Å². The van der Waals surface area contributed by atoms with E-state index >= 15 is 0 Å². The van der Waals surface area contributed by atoms with Crippen molar-refractivity contribution in [3.8, 4) is 0 Å². The van der Waals surface area contributed by atoms with Crippen molar-refractivity contribution in [1.82, 2.24) is 5.32 Å². The molecule has 2 rings (SSSR count). The first-order valence-corrected chi connectivity index (χ1v) is 5.25. The summed E-state index contributed by atoms with van der Waals surface area (Å²) in [5.41, 5.74) is 0.101. The lowest BCUT2D eigenvalue weighted by Crippen LogP contribution is -2.44. The van der Waals surface area contributed by atoms with Crippen LogP contribution in [0.1, 0.15) is 26.2 Å².